The van der Waals surface area contributed by atoms with Crippen LogP contribution in [0.3, 0.4) is 0 Å². The summed E-state index contributed by atoms with van der Waals surface area (Å²) >= 11 is 0. The molecule has 20 heavy (non-hydrogen) atoms. The first-order chi connectivity index (χ1) is 9.51. The molecular weight excluding hydrogens is 260 g/mol. The highest BCUT2D eigenvalue weighted by Gasteiger charge is 2.28. The molecule has 1 aromatic carbocycles. The van der Waals surface area contributed by atoms with Gasteiger partial charge in [-0.25, -0.2) is 0 Å². The van der Waals surface area contributed by atoms with Crippen molar-refractivity contribution < 1.29 is 19.1 Å². The standard InChI is InChI=1S/C14H16N2O4/c1-8-3-4-9(20-2)7-10(8)13(18)15-11-5-6-12(17)16-14(11)19/h3-4,7,11H,5-6H2,1-2H3,(H,15,18)(H,16,17,19). The van der Waals surface area contributed by atoms with E-state index in [2.05, 4.69) is 10.6 Å². The van der Waals surface area contributed by atoms with Gasteiger partial charge in [-0.1, -0.05) is 6.07 Å². The number of piperidine rings is 1. The van der Waals surface area contributed by atoms with E-state index in [0.717, 1.165) is 5.56 Å². The number of carbonyl (C=O) groups is 3. The van der Waals surface area contributed by atoms with Gasteiger partial charge in [0, 0.05) is 12.0 Å². The van der Waals surface area contributed by atoms with Crippen LogP contribution in [0.1, 0.15) is 28.8 Å². The van der Waals surface area contributed by atoms with Crippen molar-refractivity contribution in [3.8, 4) is 5.75 Å². The molecular formula is C14H16N2O4. The Hall–Kier alpha value is -2.37. The van der Waals surface area contributed by atoms with E-state index in [0.29, 0.717) is 17.7 Å². The molecule has 0 aromatic heterocycles. The molecule has 1 heterocycles. The van der Waals surface area contributed by atoms with Gasteiger partial charge in [-0.3, -0.25) is 19.7 Å². The van der Waals surface area contributed by atoms with E-state index in [1.165, 1.54) is 7.11 Å². The molecule has 6 nitrogen and oxygen atoms in total. The average molecular weight is 276 g/mol. The number of amides is 3. The minimum atomic E-state index is -0.675. The van der Waals surface area contributed by atoms with Crippen LogP contribution in [0.15, 0.2) is 18.2 Å². The Labute approximate surface area is 116 Å². The number of ether oxygens (including phenoxy) is 1. The normalized spacial score (nSPS) is 18.4. The van der Waals surface area contributed by atoms with Gasteiger partial charge in [0.1, 0.15) is 11.8 Å². The summed E-state index contributed by atoms with van der Waals surface area (Å²) in [6, 6.07) is 4.48. The fourth-order valence-corrected chi connectivity index (χ4v) is 2.04. The number of benzene rings is 1. The van der Waals surface area contributed by atoms with Crippen LogP contribution in [0.4, 0.5) is 0 Å². The fourth-order valence-electron chi connectivity index (χ4n) is 2.04. The van der Waals surface area contributed by atoms with E-state index in [1.54, 1.807) is 25.1 Å². The minimum absolute atomic E-state index is 0.230. The van der Waals surface area contributed by atoms with Gasteiger partial charge in [0.2, 0.25) is 11.8 Å². The topological polar surface area (TPSA) is 84.5 Å². The van der Waals surface area contributed by atoms with Gasteiger partial charge < -0.3 is 10.1 Å². The molecule has 0 bridgehead atoms. The van der Waals surface area contributed by atoms with E-state index in [1.807, 2.05) is 0 Å². The Bertz CT molecular complexity index is 568. The maximum atomic E-state index is 12.2. The van der Waals surface area contributed by atoms with E-state index >= 15 is 0 Å². The number of imide groups is 1. The lowest BCUT2D eigenvalue weighted by Crippen LogP contribution is -2.52. The molecule has 2 N–H and O–H groups in total. The Balaban J connectivity index is 2.12. The number of hydrogen-bond donors (Lipinski definition) is 2. The number of hydrogen-bond acceptors (Lipinski definition) is 4. The third kappa shape index (κ3) is 2.96. The molecule has 1 atom stereocenters. The number of aryl methyl sites for hydroxylation is 1. The van der Waals surface area contributed by atoms with Crippen LogP contribution < -0.4 is 15.4 Å². The van der Waals surface area contributed by atoms with Gasteiger partial charge in [-0.05, 0) is 31.0 Å². The van der Waals surface area contributed by atoms with Crippen LogP contribution in [0, 0.1) is 6.92 Å². The first-order valence-electron chi connectivity index (χ1n) is 6.30. The molecule has 1 fully saturated rings. The Morgan fingerprint density at radius 3 is 2.80 bits per heavy atom. The van der Waals surface area contributed by atoms with E-state index in [-0.39, 0.29) is 18.2 Å². The molecule has 1 aliphatic rings. The van der Waals surface area contributed by atoms with Crippen LogP contribution in [0.2, 0.25) is 0 Å². The van der Waals surface area contributed by atoms with Crippen molar-refractivity contribution in [3.63, 3.8) is 0 Å². The third-order valence-corrected chi connectivity index (χ3v) is 3.23. The second kappa shape index (κ2) is 5.73. The molecule has 1 aromatic rings. The zero-order valence-electron chi connectivity index (χ0n) is 11.4. The summed E-state index contributed by atoms with van der Waals surface area (Å²) in [5.41, 5.74) is 1.24. The zero-order valence-corrected chi connectivity index (χ0v) is 11.4. The van der Waals surface area contributed by atoms with Gasteiger partial charge in [-0.15, -0.1) is 0 Å². The largest absolute Gasteiger partial charge is 0.497 e. The smallest absolute Gasteiger partial charge is 0.252 e. The van der Waals surface area contributed by atoms with Crippen molar-refractivity contribution in [1.82, 2.24) is 10.6 Å². The zero-order chi connectivity index (χ0) is 14.7. The number of nitrogens with one attached hydrogen (secondary N) is 2. The van der Waals surface area contributed by atoms with Gasteiger partial charge >= 0.3 is 0 Å². The minimum Gasteiger partial charge on any atom is -0.497 e. The summed E-state index contributed by atoms with van der Waals surface area (Å²) < 4.78 is 5.08. The first kappa shape index (κ1) is 14.0. The summed E-state index contributed by atoms with van der Waals surface area (Å²) in [5.74, 6) is -0.548. The molecule has 0 spiro atoms. The highest BCUT2D eigenvalue weighted by atomic mass is 16.5. The second-order valence-corrected chi connectivity index (χ2v) is 4.66. The number of rotatable bonds is 3. The van der Waals surface area contributed by atoms with Crippen molar-refractivity contribution in [3.05, 3.63) is 29.3 Å². The number of methoxy groups -OCH3 is 1. The molecule has 1 saturated heterocycles. The van der Waals surface area contributed by atoms with Crippen molar-refractivity contribution >= 4 is 17.7 Å². The summed E-state index contributed by atoms with van der Waals surface area (Å²) in [7, 11) is 1.52. The van der Waals surface area contributed by atoms with Crippen LogP contribution in [0.25, 0.3) is 0 Å². The molecule has 0 radical (unpaired) electrons. The predicted octanol–water partition coefficient (Wildman–Crippen LogP) is 0.539. The summed E-state index contributed by atoms with van der Waals surface area (Å²) in [4.78, 5) is 34.9. The lowest BCUT2D eigenvalue weighted by atomic mass is 10.0. The van der Waals surface area contributed by atoms with E-state index in [9.17, 15) is 14.4 Å². The lowest BCUT2D eigenvalue weighted by molar-refractivity contribution is -0.134. The van der Waals surface area contributed by atoms with Gasteiger partial charge in [-0.2, -0.15) is 0 Å². The maximum absolute atomic E-state index is 12.2. The highest BCUT2D eigenvalue weighted by molar-refractivity contribution is 6.04. The van der Waals surface area contributed by atoms with Crippen molar-refractivity contribution in [1.29, 1.82) is 0 Å². The Morgan fingerprint density at radius 1 is 1.40 bits per heavy atom. The molecule has 3 amide bonds. The SMILES string of the molecule is COc1ccc(C)c(C(=O)NC2CCC(=O)NC2=O)c1. The van der Waals surface area contributed by atoms with Crippen LogP contribution in [-0.2, 0) is 9.59 Å². The maximum Gasteiger partial charge on any atom is 0.252 e. The van der Waals surface area contributed by atoms with Crippen LogP contribution >= 0.6 is 0 Å². The monoisotopic (exact) mass is 276 g/mol. The first-order valence-corrected chi connectivity index (χ1v) is 6.30. The summed E-state index contributed by atoms with van der Waals surface area (Å²) in [5, 5.41) is 4.84. The van der Waals surface area contributed by atoms with Gasteiger partial charge in [0.15, 0.2) is 0 Å². The van der Waals surface area contributed by atoms with Crippen molar-refractivity contribution in [2.75, 3.05) is 7.11 Å². The van der Waals surface area contributed by atoms with Crippen LogP contribution in [0.5, 0.6) is 5.75 Å². The van der Waals surface area contributed by atoms with Gasteiger partial charge in [0.25, 0.3) is 5.91 Å². The Morgan fingerprint density at radius 2 is 2.15 bits per heavy atom. The van der Waals surface area contributed by atoms with E-state index < -0.39 is 11.9 Å². The lowest BCUT2D eigenvalue weighted by Gasteiger charge is -2.22. The molecule has 0 saturated carbocycles. The second-order valence-electron chi connectivity index (χ2n) is 4.66. The fraction of sp³-hybridized carbons (Fsp3) is 0.357. The van der Waals surface area contributed by atoms with Crippen LogP contribution in [-0.4, -0.2) is 30.9 Å². The highest BCUT2D eigenvalue weighted by Crippen LogP contribution is 2.17. The molecule has 6 heteroatoms. The van der Waals surface area contributed by atoms with Crippen molar-refractivity contribution in [2.24, 2.45) is 0 Å². The third-order valence-electron chi connectivity index (χ3n) is 3.23. The molecule has 2 rings (SSSR count). The van der Waals surface area contributed by atoms with E-state index in [4.69, 9.17) is 4.74 Å². The molecule has 1 aliphatic heterocycles. The summed E-state index contributed by atoms with van der Waals surface area (Å²) in [6.07, 6.45) is 0.549. The predicted molar refractivity (Wildman–Crippen MR) is 71.4 cm³/mol. The quantitative estimate of drug-likeness (QED) is 0.789. The molecule has 1 unspecified atom stereocenters. The van der Waals surface area contributed by atoms with Gasteiger partial charge in [0.05, 0.1) is 7.11 Å². The summed E-state index contributed by atoms with van der Waals surface area (Å²) in [6.45, 7) is 1.80. The Kier molecular flexibility index (Phi) is 4.02. The molecule has 106 valence electrons. The number of carbonyl (C=O) groups excluding carboxylic acids is 3. The average Bonchev–Trinajstić information content (AvgIpc) is 2.42. The molecule has 0 aliphatic carbocycles. The van der Waals surface area contributed by atoms with Crippen molar-refractivity contribution in [2.45, 2.75) is 25.8 Å².